The lowest BCUT2D eigenvalue weighted by atomic mass is 9.83. The van der Waals surface area contributed by atoms with E-state index in [4.69, 9.17) is 9.15 Å². The normalized spacial score (nSPS) is 18.6. The molecule has 3 aromatic rings. The van der Waals surface area contributed by atoms with Crippen molar-refractivity contribution in [3.63, 3.8) is 0 Å². The lowest BCUT2D eigenvalue weighted by Crippen LogP contribution is -2.53. The number of rotatable bonds is 7. The third-order valence-electron chi connectivity index (χ3n) is 7.14. The first-order valence-electron chi connectivity index (χ1n) is 12.3. The average Bonchev–Trinajstić information content (AvgIpc) is 3.23. The van der Waals surface area contributed by atoms with Crippen molar-refractivity contribution in [3.05, 3.63) is 87.3 Å². The maximum absolute atomic E-state index is 14.3. The number of benzene rings is 2. The molecule has 0 bridgehead atoms. The summed E-state index contributed by atoms with van der Waals surface area (Å²) >= 11 is 0. The first-order chi connectivity index (χ1) is 17.2. The molecular weight excluding hydrogens is 456 g/mol. The van der Waals surface area contributed by atoms with Gasteiger partial charge < -0.3 is 19.0 Å². The van der Waals surface area contributed by atoms with Crippen molar-refractivity contribution in [2.24, 2.45) is 0 Å². The molecule has 1 spiro atoms. The number of para-hydroxylation sites is 1. The minimum atomic E-state index is -1.60. The van der Waals surface area contributed by atoms with E-state index in [2.05, 4.69) is 6.58 Å². The zero-order valence-corrected chi connectivity index (χ0v) is 21.1. The number of fused-ring (bicyclic) bond motifs is 5. The summed E-state index contributed by atoms with van der Waals surface area (Å²) in [5.41, 5.74) is 1.63. The average molecular weight is 487 g/mol. The Morgan fingerprint density at radius 1 is 1.11 bits per heavy atom. The van der Waals surface area contributed by atoms with Gasteiger partial charge in [0.15, 0.2) is 11.0 Å². The molecule has 2 amide bonds. The number of anilines is 1. The molecule has 0 fully saturated rings. The van der Waals surface area contributed by atoms with Crippen LogP contribution >= 0.6 is 0 Å². The zero-order chi connectivity index (χ0) is 25.8. The minimum Gasteiger partial charge on any atom is -0.450 e. The molecular formula is C29H30N2O5. The standard InChI is InChI=1S/C29H30N2O5/c1-6-12-30-22-11-8-7-10-21(22)29(28(30)34)24-25(32)20-15-18(4)19(5)16-23(20)36-26(24)27(33)31(29)13-9-14-35-17(2)3/h6-8,10-11,15-17H,1,9,12-14H2,2-5H3. The highest BCUT2D eigenvalue weighted by Gasteiger charge is 2.64. The highest BCUT2D eigenvalue weighted by Crippen LogP contribution is 2.52. The van der Waals surface area contributed by atoms with Crippen molar-refractivity contribution in [3.8, 4) is 0 Å². The van der Waals surface area contributed by atoms with Crippen molar-refractivity contribution in [2.45, 2.75) is 45.8 Å². The van der Waals surface area contributed by atoms with Gasteiger partial charge in [0.25, 0.3) is 11.8 Å². The van der Waals surface area contributed by atoms with E-state index in [9.17, 15) is 14.4 Å². The smallest absolute Gasteiger partial charge is 0.291 e. The Hall–Kier alpha value is -3.71. The van der Waals surface area contributed by atoms with E-state index in [0.717, 1.165) is 11.1 Å². The molecule has 1 aromatic heterocycles. The van der Waals surface area contributed by atoms with Gasteiger partial charge in [-0.2, -0.15) is 0 Å². The maximum Gasteiger partial charge on any atom is 0.291 e. The van der Waals surface area contributed by atoms with Gasteiger partial charge in [0.2, 0.25) is 5.76 Å². The predicted molar refractivity (Wildman–Crippen MR) is 138 cm³/mol. The molecule has 2 aliphatic rings. The van der Waals surface area contributed by atoms with Crippen LogP contribution in [-0.2, 0) is 15.1 Å². The van der Waals surface area contributed by atoms with Crippen LogP contribution < -0.4 is 10.3 Å². The number of hydrogen-bond donors (Lipinski definition) is 0. The predicted octanol–water partition coefficient (Wildman–Crippen LogP) is 4.46. The second kappa shape index (κ2) is 8.75. The Bertz CT molecular complexity index is 1470. The highest BCUT2D eigenvalue weighted by molar-refractivity contribution is 6.17. The lowest BCUT2D eigenvalue weighted by Gasteiger charge is -2.34. The second-order valence-electron chi connectivity index (χ2n) is 9.73. The lowest BCUT2D eigenvalue weighted by molar-refractivity contribution is -0.126. The molecule has 0 aliphatic carbocycles. The summed E-state index contributed by atoms with van der Waals surface area (Å²) < 4.78 is 11.8. The minimum absolute atomic E-state index is 0.0439. The van der Waals surface area contributed by atoms with Crippen molar-refractivity contribution < 1.29 is 18.7 Å². The Balaban J connectivity index is 1.79. The molecule has 5 rings (SSSR count). The van der Waals surface area contributed by atoms with Crippen LogP contribution in [0.5, 0.6) is 0 Å². The van der Waals surface area contributed by atoms with E-state index in [1.54, 1.807) is 23.1 Å². The van der Waals surface area contributed by atoms with Crippen LogP contribution in [-0.4, -0.2) is 42.5 Å². The molecule has 0 saturated carbocycles. The van der Waals surface area contributed by atoms with Gasteiger partial charge >= 0.3 is 0 Å². The summed E-state index contributed by atoms with van der Waals surface area (Å²) in [7, 11) is 0. The van der Waals surface area contributed by atoms with E-state index in [1.165, 1.54) is 4.90 Å². The van der Waals surface area contributed by atoms with E-state index >= 15 is 0 Å². The van der Waals surface area contributed by atoms with Crippen LogP contribution in [0.15, 0.2) is 58.3 Å². The molecule has 186 valence electrons. The molecule has 1 unspecified atom stereocenters. The van der Waals surface area contributed by atoms with Crippen LogP contribution in [0.1, 0.15) is 53.1 Å². The Morgan fingerprint density at radius 2 is 1.83 bits per heavy atom. The van der Waals surface area contributed by atoms with Crippen molar-refractivity contribution in [2.75, 3.05) is 24.6 Å². The van der Waals surface area contributed by atoms with Gasteiger partial charge in [-0.3, -0.25) is 14.4 Å². The topological polar surface area (TPSA) is 80.1 Å². The second-order valence-corrected chi connectivity index (χ2v) is 9.73. The Kier molecular flexibility index (Phi) is 5.83. The molecule has 2 aromatic carbocycles. The fraction of sp³-hybridized carbons (Fsp3) is 0.345. The van der Waals surface area contributed by atoms with Crippen molar-refractivity contribution in [1.82, 2.24) is 4.90 Å². The Labute approximate surface area is 210 Å². The number of nitrogens with zero attached hydrogens (tertiary/aromatic N) is 2. The van der Waals surface area contributed by atoms with Gasteiger partial charge in [0.05, 0.1) is 22.7 Å². The summed E-state index contributed by atoms with van der Waals surface area (Å²) in [4.78, 5) is 45.5. The summed E-state index contributed by atoms with van der Waals surface area (Å²) in [5, 5.41) is 0.362. The monoisotopic (exact) mass is 486 g/mol. The maximum atomic E-state index is 14.3. The molecule has 0 N–H and O–H groups in total. The fourth-order valence-corrected chi connectivity index (χ4v) is 5.40. The highest BCUT2D eigenvalue weighted by atomic mass is 16.5. The number of carbonyl (C=O) groups excluding carboxylic acids is 2. The van der Waals surface area contributed by atoms with E-state index in [-0.39, 0.29) is 41.9 Å². The van der Waals surface area contributed by atoms with Gasteiger partial charge in [-0.05, 0) is 63.4 Å². The van der Waals surface area contributed by atoms with Crippen molar-refractivity contribution in [1.29, 1.82) is 0 Å². The van der Waals surface area contributed by atoms with Crippen LogP contribution in [0.2, 0.25) is 0 Å². The molecule has 0 radical (unpaired) electrons. The quantitative estimate of drug-likeness (QED) is 0.364. The third kappa shape index (κ3) is 3.26. The number of amides is 2. The van der Waals surface area contributed by atoms with Gasteiger partial charge in [-0.1, -0.05) is 24.3 Å². The molecule has 0 saturated heterocycles. The van der Waals surface area contributed by atoms with Gasteiger partial charge in [-0.15, -0.1) is 6.58 Å². The first kappa shape index (κ1) is 24.0. The van der Waals surface area contributed by atoms with Crippen LogP contribution in [0.3, 0.4) is 0 Å². The summed E-state index contributed by atoms with van der Waals surface area (Å²) in [6.45, 7) is 12.4. The molecule has 7 heteroatoms. The summed E-state index contributed by atoms with van der Waals surface area (Å²) in [5.74, 6) is -0.879. The number of carbonyl (C=O) groups is 2. The Morgan fingerprint density at radius 3 is 2.56 bits per heavy atom. The van der Waals surface area contributed by atoms with E-state index in [1.807, 2.05) is 52.0 Å². The summed E-state index contributed by atoms with van der Waals surface area (Å²) in [6.07, 6.45) is 2.19. The largest absolute Gasteiger partial charge is 0.450 e. The molecule has 2 aliphatic heterocycles. The fourth-order valence-electron chi connectivity index (χ4n) is 5.40. The van der Waals surface area contributed by atoms with Crippen LogP contribution in [0.4, 0.5) is 5.69 Å². The van der Waals surface area contributed by atoms with E-state index < -0.39 is 11.4 Å². The van der Waals surface area contributed by atoms with Crippen LogP contribution in [0, 0.1) is 13.8 Å². The number of aryl methyl sites for hydroxylation is 2. The molecule has 7 nitrogen and oxygen atoms in total. The third-order valence-corrected chi connectivity index (χ3v) is 7.14. The van der Waals surface area contributed by atoms with Gasteiger partial charge in [0, 0.05) is 25.3 Å². The molecule has 3 heterocycles. The summed E-state index contributed by atoms with van der Waals surface area (Å²) in [6, 6.07) is 10.9. The first-order valence-corrected chi connectivity index (χ1v) is 12.3. The van der Waals surface area contributed by atoms with Crippen LogP contribution in [0.25, 0.3) is 11.0 Å². The van der Waals surface area contributed by atoms with Crippen molar-refractivity contribution >= 4 is 28.5 Å². The van der Waals surface area contributed by atoms with Gasteiger partial charge in [0.1, 0.15) is 5.58 Å². The zero-order valence-electron chi connectivity index (χ0n) is 21.1. The number of hydrogen-bond acceptors (Lipinski definition) is 5. The molecule has 1 atom stereocenters. The SMILES string of the molecule is C=CCN1C(=O)C2(c3ccccc31)c1c(oc3cc(C)c(C)cc3c1=O)C(=O)N2CCCOC(C)C. The van der Waals surface area contributed by atoms with Gasteiger partial charge in [-0.25, -0.2) is 0 Å². The number of ether oxygens (including phenoxy) is 1. The van der Waals surface area contributed by atoms with E-state index in [0.29, 0.717) is 35.2 Å². The molecule has 36 heavy (non-hydrogen) atoms.